The number of hydrogen-bond acceptors (Lipinski definition) is 5. The molecule has 1 N–H and O–H groups in total. The van der Waals surface area contributed by atoms with Gasteiger partial charge >= 0.3 is 5.00 Å². The Kier molecular flexibility index (Phi) is 5.55. The summed E-state index contributed by atoms with van der Waals surface area (Å²) in [7, 11) is 0. The summed E-state index contributed by atoms with van der Waals surface area (Å²) < 4.78 is 0. The van der Waals surface area contributed by atoms with Crippen LogP contribution >= 0.6 is 11.3 Å². The van der Waals surface area contributed by atoms with E-state index in [0.29, 0.717) is 11.3 Å². The summed E-state index contributed by atoms with van der Waals surface area (Å²) in [6.07, 6.45) is 3.19. The van der Waals surface area contributed by atoms with Crippen LogP contribution in [0.3, 0.4) is 0 Å². The van der Waals surface area contributed by atoms with Crippen LogP contribution in [-0.2, 0) is 0 Å². The molecule has 0 spiro atoms. The van der Waals surface area contributed by atoms with Crippen LogP contribution in [0.4, 0.5) is 10.7 Å². The average Bonchev–Trinajstić information content (AvgIpc) is 3.14. The predicted octanol–water partition coefficient (Wildman–Crippen LogP) is 4.23. The lowest BCUT2D eigenvalue weighted by atomic mass is 10.0. The molecule has 1 aliphatic heterocycles. The number of carbonyl (C=O) groups excluding carboxylic acids is 2. The van der Waals surface area contributed by atoms with Crippen molar-refractivity contribution in [2.24, 2.45) is 0 Å². The molecule has 1 aromatic carbocycles. The molecule has 1 saturated heterocycles. The quantitative estimate of drug-likeness (QED) is 0.627. The lowest BCUT2D eigenvalue weighted by Crippen LogP contribution is -2.42. The first-order chi connectivity index (χ1) is 12.9. The van der Waals surface area contributed by atoms with Crippen LogP contribution in [-0.4, -0.2) is 34.2 Å². The van der Waals surface area contributed by atoms with E-state index in [4.69, 9.17) is 0 Å². The van der Waals surface area contributed by atoms with Crippen LogP contribution in [0.1, 0.15) is 51.8 Å². The van der Waals surface area contributed by atoms with Gasteiger partial charge in [0.2, 0.25) is 0 Å². The number of anilines is 1. The highest BCUT2D eigenvalue weighted by molar-refractivity contribution is 7.17. The third kappa shape index (κ3) is 4.16. The fourth-order valence-corrected chi connectivity index (χ4v) is 3.95. The largest absolute Gasteiger partial charge is 0.336 e. The van der Waals surface area contributed by atoms with Crippen molar-refractivity contribution in [3.05, 3.63) is 56.5 Å². The molecule has 8 heteroatoms. The molecule has 0 bridgehead atoms. The first kappa shape index (κ1) is 19.0. The van der Waals surface area contributed by atoms with E-state index in [9.17, 15) is 19.7 Å². The number of amides is 2. The normalized spacial score (nSPS) is 16.8. The van der Waals surface area contributed by atoms with Gasteiger partial charge in [-0.2, -0.15) is 0 Å². The zero-order valence-corrected chi connectivity index (χ0v) is 16.0. The lowest BCUT2D eigenvalue weighted by Gasteiger charge is -2.33. The summed E-state index contributed by atoms with van der Waals surface area (Å²) in [5, 5.41) is 13.4. The Morgan fingerprint density at radius 2 is 2.04 bits per heavy atom. The summed E-state index contributed by atoms with van der Waals surface area (Å²) in [4.78, 5) is 37.5. The highest BCUT2D eigenvalue weighted by atomic mass is 32.1. The number of piperidine rings is 1. The van der Waals surface area contributed by atoms with Gasteiger partial charge in [-0.3, -0.25) is 19.7 Å². The van der Waals surface area contributed by atoms with Gasteiger partial charge in [0.15, 0.2) is 0 Å². The van der Waals surface area contributed by atoms with Crippen molar-refractivity contribution in [2.75, 3.05) is 11.9 Å². The van der Waals surface area contributed by atoms with Gasteiger partial charge in [-0.25, -0.2) is 0 Å². The van der Waals surface area contributed by atoms with Crippen LogP contribution in [0.2, 0.25) is 0 Å². The minimum Gasteiger partial charge on any atom is -0.336 e. The minimum absolute atomic E-state index is 0.0112. The second kappa shape index (κ2) is 7.87. The maximum atomic E-state index is 12.8. The SMILES string of the molecule is Cc1cc(C(=O)N2CCCCC2C)ccc1NC(=O)c1ccc([N+](=O)[O-])s1. The summed E-state index contributed by atoms with van der Waals surface area (Å²) in [6, 6.07) is 8.17. The fourth-order valence-electron chi connectivity index (χ4n) is 3.23. The van der Waals surface area contributed by atoms with Crippen molar-refractivity contribution in [3.8, 4) is 0 Å². The van der Waals surface area contributed by atoms with Crippen LogP contribution < -0.4 is 5.32 Å². The molecule has 1 aliphatic rings. The van der Waals surface area contributed by atoms with Crippen molar-refractivity contribution in [2.45, 2.75) is 39.2 Å². The molecule has 0 saturated carbocycles. The number of thiophene rings is 1. The summed E-state index contributed by atoms with van der Waals surface area (Å²) in [6.45, 7) is 4.66. The average molecular weight is 387 g/mol. The third-order valence-electron chi connectivity index (χ3n) is 4.78. The molecule has 7 nitrogen and oxygen atoms in total. The molecule has 2 aromatic rings. The Balaban J connectivity index is 1.73. The first-order valence-corrected chi connectivity index (χ1v) is 9.65. The van der Waals surface area contributed by atoms with E-state index in [-0.39, 0.29) is 21.8 Å². The van der Waals surface area contributed by atoms with Crippen molar-refractivity contribution >= 4 is 33.8 Å². The van der Waals surface area contributed by atoms with Gasteiger partial charge in [0.1, 0.15) is 0 Å². The highest BCUT2D eigenvalue weighted by Gasteiger charge is 2.24. The Morgan fingerprint density at radius 3 is 2.67 bits per heavy atom. The van der Waals surface area contributed by atoms with E-state index >= 15 is 0 Å². The molecule has 27 heavy (non-hydrogen) atoms. The molecule has 2 heterocycles. The number of rotatable bonds is 4. The molecular weight excluding hydrogens is 366 g/mol. The monoisotopic (exact) mass is 387 g/mol. The number of benzene rings is 1. The third-order valence-corrected chi connectivity index (χ3v) is 5.82. The van der Waals surface area contributed by atoms with Crippen molar-refractivity contribution in [1.29, 1.82) is 0 Å². The van der Waals surface area contributed by atoms with Gasteiger partial charge in [0.05, 0.1) is 9.80 Å². The zero-order valence-electron chi connectivity index (χ0n) is 15.2. The molecule has 1 fully saturated rings. The van der Waals surface area contributed by atoms with E-state index in [2.05, 4.69) is 12.2 Å². The van der Waals surface area contributed by atoms with E-state index in [1.807, 2.05) is 11.8 Å². The van der Waals surface area contributed by atoms with Crippen LogP contribution in [0.25, 0.3) is 0 Å². The zero-order chi connectivity index (χ0) is 19.6. The predicted molar refractivity (Wildman–Crippen MR) is 104 cm³/mol. The smallest absolute Gasteiger partial charge is 0.324 e. The van der Waals surface area contributed by atoms with E-state index in [1.165, 1.54) is 12.1 Å². The lowest BCUT2D eigenvalue weighted by molar-refractivity contribution is -0.380. The molecule has 2 amide bonds. The van der Waals surface area contributed by atoms with Crippen molar-refractivity contribution in [3.63, 3.8) is 0 Å². The van der Waals surface area contributed by atoms with E-state index in [0.717, 1.165) is 42.7 Å². The summed E-state index contributed by atoms with van der Waals surface area (Å²) in [5.41, 5.74) is 1.95. The molecule has 0 aliphatic carbocycles. The molecule has 3 rings (SSSR count). The summed E-state index contributed by atoms with van der Waals surface area (Å²) in [5.74, 6) is -0.392. The molecular formula is C19H21N3O4S. The molecule has 1 atom stereocenters. The fraction of sp³-hybridized carbons (Fsp3) is 0.368. The van der Waals surface area contributed by atoms with Gasteiger partial charge in [-0.1, -0.05) is 11.3 Å². The second-order valence-electron chi connectivity index (χ2n) is 6.72. The van der Waals surface area contributed by atoms with Crippen molar-refractivity contribution in [1.82, 2.24) is 4.90 Å². The maximum Gasteiger partial charge on any atom is 0.324 e. The molecule has 1 aromatic heterocycles. The Hall–Kier alpha value is -2.74. The van der Waals surface area contributed by atoms with Crippen LogP contribution in [0.5, 0.6) is 0 Å². The number of nitro groups is 1. The molecule has 1 unspecified atom stereocenters. The summed E-state index contributed by atoms with van der Waals surface area (Å²) >= 11 is 0.829. The van der Waals surface area contributed by atoms with E-state index < -0.39 is 10.8 Å². The van der Waals surface area contributed by atoms with Gasteiger partial charge in [0.25, 0.3) is 11.8 Å². The number of carbonyl (C=O) groups is 2. The number of nitrogens with zero attached hydrogens (tertiary/aromatic N) is 2. The number of likely N-dealkylation sites (tertiary alicyclic amines) is 1. The van der Waals surface area contributed by atoms with Gasteiger partial charge in [0, 0.05) is 29.9 Å². The van der Waals surface area contributed by atoms with Crippen molar-refractivity contribution < 1.29 is 14.5 Å². The standard InChI is InChI=1S/C19H21N3O4S/c1-12-11-14(19(24)21-10-4-3-5-13(21)2)6-7-15(12)20-18(23)16-8-9-17(27-16)22(25)26/h6-9,11,13H,3-5,10H2,1-2H3,(H,20,23). The Morgan fingerprint density at radius 1 is 1.26 bits per heavy atom. The Labute approximate surface area is 161 Å². The van der Waals surface area contributed by atoms with Crippen LogP contribution in [0.15, 0.2) is 30.3 Å². The minimum atomic E-state index is -0.519. The number of aryl methyl sites for hydroxylation is 1. The van der Waals surface area contributed by atoms with Gasteiger partial charge < -0.3 is 10.2 Å². The number of nitrogens with one attached hydrogen (secondary N) is 1. The van der Waals surface area contributed by atoms with E-state index in [1.54, 1.807) is 18.2 Å². The topological polar surface area (TPSA) is 92.6 Å². The second-order valence-corrected chi connectivity index (χ2v) is 7.78. The van der Waals surface area contributed by atoms with Crippen LogP contribution in [0, 0.1) is 17.0 Å². The molecule has 0 radical (unpaired) electrons. The molecule has 142 valence electrons. The first-order valence-electron chi connectivity index (χ1n) is 8.84. The highest BCUT2D eigenvalue weighted by Crippen LogP contribution is 2.26. The Bertz CT molecular complexity index is 893. The van der Waals surface area contributed by atoms with Gasteiger partial charge in [-0.05, 0) is 62.9 Å². The number of hydrogen-bond donors (Lipinski definition) is 1. The van der Waals surface area contributed by atoms with Gasteiger partial charge in [-0.15, -0.1) is 0 Å². The maximum absolute atomic E-state index is 12.8.